The molecule has 0 bridgehead atoms. The van der Waals surface area contributed by atoms with Gasteiger partial charge in [-0.2, -0.15) is 5.10 Å². The van der Waals surface area contributed by atoms with E-state index in [4.69, 9.17) is 5.10 Å². The summed E-state index contributed by atoms with van der Waals surface area (Å²) in [5.41, 5.74) is 4.76. The summed E-state index contributed by atoms with van der Waals surface area (Å²) < 4.78 is 2.08. The van der Waals surface area contributed by atoms with Crippen molar-refractivity contribution in [1.82, 2.24) is 20.4 Å². The van der Waals surface area contributed by atoms with Crippen molar-refractivity contribution in [3.63, 3.8) is 0 Å². The summed E-state index contributed by atoms with van der Waals surface area (Å²) in [5.74, 6) is 0.832. The lowest BCUT2D eigenvalue weighted by molar-refractivity contribution is 0.623. The molecule has 130 valence electrons. The van der Waals surface area contributed by atoms with E-state index in [0.29, 0.717) is 6.04 Å². The molecule has 5 heteroatoms. The summed E-state index contributed by atoms with van der Waals surface area (Å²) in [6.45, 7) is 10.0. The van der Waals surface area contributed by atoms with Crippen LogP contribution in [-0.4, -0.2) is 28.8 Å². The molecule has 0 aliphatic carbocycles. The highest BCUT2D eigenvalue weighted by Crippen LogP contribution is 2.14. The third-order valence-electron chi connectivity index (χ3n) is 4.36. The van der Waals surface area contributed by atoms with Crippen molar-refractivity contribution in [1.29, 1.82) is 0 Å². The first-order valence-electron chi connectivity index (χ1n) is 8.59. The Morgan fingerprint density at radius 1 is 1.25 bits per heavy atom. The molecule has 1 heterocycles. The zero-order valence-corrected chi connectivity index (χ0v) is 15.4. The monoisotopic (exact) mass is 327 g/mol. The van der Waals surface area contributed by atoms with E-state index < -0.39 is 0 Å². The number of nitrogens with one attached hydrogen (secondary N) is 2. The maximum Gasteiger partial charge on any atom is 0.191 e. The quantitative estimate of drug-likeness (QED) is 0.633. The Kier molecular flexibility index (Phi) is 6.41. The van der Waals surface area contributed by atoms with E-state index >= 15 is 0 Å². The van der Waals surface area contributed by atoms with Crippen molar-refractivity contribution in [3.05, 3.63) is 52.8 Å². The normalized spacial score (nSPS) is 13.0. The van der Waals surface area contributed by atoms with Gasteiger partial charge in [-0.25, -0.2) is 0 Å². The minimum Gasteiger partial charge on any atom is -0.354 e. The Hall–Kier alpha value is -2.30. The summed E-state index contributed by atoms with van der Waals surface area (Å²) in [6.07, 6.45) is 1.06. The average Bonchev–Trinajstić information content (AvgIpc) is 2.86. The van der Waals surface area contributed by atoms with Gasteiger partial charge >= 0.3 is 0 Å². The first kappa shape index (κ1) is 18.0. The fourth-order valence-electron chi connectivity index (χ4n) is 2.60. The van der Waals surface area contributed by atoms with E-state index in [1.54, 1.807) is 7.05 Å². The van der Waals surface area contributed by atoms with E-state index in [1.165, 1.54) is 16.8 Å². The summed E-state index contributed by atoms with van der Waals surface area (Å²) in [6, 6.07) is 10.8. The van der Waals surface area contributed by atoms with Crippen molar-refractivity contribution in [2.75, 3.05) is 7.05 Å². The summed E-state index contributed by atoms with van der Waals surface area (Å²) in [5, 5.41) is 11.5. The maximum atomic E-state index is 4.70. The number of hydrogen-bond donors (Lipinski definition) is 2. The predicted molar refractivity (Wildman–Crippen MR) is 100 cm³/mol. The van der Waals surface area contributed by atoms with Gasteiger partial charge in [0, 0.05) is 30.9 Å². The van der Waals surface area contributed by atoms with Gasteiger partial charge in [0.1, 0.15) is 0 Å². The van der Waals surface area contributed by atoms with E-state index in [1.807, 2.05) is 6.07 Å². The summed E-state index contributed by atoms with van der Waals surface area (Å²) in [4.78, 5) is 4.29. The number of aromatic nitrogens is 2. The lowest BCUT2D eigenvalue weighted by atomic mass is 10.2. The molecule has 0 aliphatic heterocycles. The highest BCUT2D eigenvalue weighted by molar-refractivity contribution is 5.79. The SMILES string of the molecule is CCC(C)NC(=NC)NCc1c(C)nn(Cc2ccccc2)c1C. The van der Waals surface area contributed by atoms with Gasteiger partial charge in [0.05, 0.1) is 12.2 Å². The smallest absolute Gasteiger partial charge is 0.191 e. The number of rotatable bonds is 6. The molecule has 0 fully saturated rings. The number of nitrogens with zero attached hydrogens (tertiary/aromatic N) is 3. The number of benzene rings is 1. The van der Waals surface area contributed by atoms with Crippen LogP contribution < -0.4 is 10.6 Å². The van der Waals surface area contributed by atoms with Crippen molar-refractivity contribution in [2.24, 2.45) is 4.99 Å². The van der Waals surface area contributed by atoms with Crippen LogP contribution in [0.3, 0.4) is 0 Å². The number of hydrogen-bond acceptors (Lipinski definition) is 2. The topological polar surface area (TPSA) is 54.2 Å². The lowest BCUT2D eigenvalue weighted by Crippen LogP contribution is -2.41. The van der Waals surface area contributed by atoms with Crippen LogP contribution in [0.25, 0.3) is 0 Å². The van der Waals surface area contributed by atoms with E-state index in [0.717, 1.165) is 31.2 Å². The molecule has 0 spiro atoms. The second kappa shape index (κ2) is 8.52. The number of aliphatic imine (C=N–C) groups is 1. The molecule has 1 aromatic heterocycles. The van der Waals surface area contributed by atoms with Crippen LogP contribution in [0.5, 0.6) is 0 Å². The van der Waals surface area contributed by atoms with Crippen LogP contribution in [0.1, 0.15) is 42.8 Å². The van der Waals surface area contributed by atoms with Gasteiger partial charge in [-0.05, 0) is 32.8 Å². The van der Waals surface area contributed by atoms with Gasteiger partial charge in [-0.3, -0.25) is 9.67 Å². The Bertz CT molecular complexity index is 673. The molecule has 0 saturated heterocycles. The molecule has 2 rings (SSSR count). The molecule has 0 radical (unpaired) electrons. The lowest BCUT2D eigenvalue weighted by Gasteiger charge is -2.16. The van der Waals surface area contributed by atoms with E-state index in [2.05, 4.69) is 72.3 Å². The molecular weight excluding hydrogens is 298 g/mol. The first-order chi connectivity index (χ1) is 11.5. The van der Waals surface area contributed by atoms with Gasteiger partial charge in [0.2, 0.25) is 0 Å². The minimum atomic E-state index is 0.402. The Balaban J connectivity index is 2.06. The van der Waals surface area contributed by atoms with Crippen molar-refractivity contribution < 1.29 is 0 Å². The zero-order valence-electron chi connectivity index (χ0n) is 15.4. The molecular formula is C19H29N5. The molecule has 1 unspecified atom stereocenters. The largest absolute Gasteiger partial charge is 0.354 e. The van der Waals surface area contributed by atoms with Gasteiger partial charge in [-0.15, -0.1) is 0 Å². The molecule has 24 heavy (non-hydrogen) atoms. The molecule has 0 aliphatic rings. The van der Waals surface area contributed by atoms with Gasteiger partial charge < -0.3 is 10.6 Å². The molecule has 2 N–H and O–H groups in total. The first-order valence-corrected chi connectivity index (χ1v) is 8.59. The highest BCUT2D eigenvalue weighted by Gasteiger charge is 2.12. The fourth-order valence-corrected chi connectivity index (χ4v) is 2.60. The van der Waals surface area contributed by atoms with Crippen LogP contribution >= 0.6 is 0 Å². The number of aryl methyl sites for hydroxylation is 1. The molecule has 0 saturated carbocycles. The van der Waals surface area contributed by atoms with Gasteiger partial charge in [-0.1, -0.05) is 37.3 Å². The third-order valence-corrected chi connectivity index (χ3v) is 4.36. The number of guanidine groups is 1. The van der Waals surface area contributed by atoms with Gasteiger partial charge in [0.25, 0.3) is 0 Å². The standard InChI is InChI=1S/C19H29N5/c1-6-14(2)22-19(20-5)21-12-18-15(3)23-24(16(18)4)13-17-10-8-7-9-11-17/h7-11,14H,6,12-13H2,1-5H3,(H2,20,21,22). The second-order valence-electron chi connectivity index (χ2n) is 6.17. The van der Waals surface area contributed by atoms with Crippen molar-refractivity contribution in [3.8, 4) is 0 Å². The highest BCUT2D eigenvalue weighted by atomic mass is 15.3. The van der Waals surface area contributed by atoms with Crippen LogP contribution in [0.4, 0.5) is 0 Å². The molecule has 1 aromatic carbocycles. The van der Waals surface area contributed by atoms with Crippen molar-refractivity contribution in [2.45, 2.75) is 53.2 Å². The van der Waals surface area contributed by atoms with Crippen LogP contribution in [0, 0.1) is 13.8 Å². The zero-order chi connectivity index (χ0) is 17.5. The fraction of sp³-hybridized carbons (Fsp3) is 0.474. The second-order valence-corrected chi connectivity index (χ2v) is 6.17. The molecule has 0 amide bonds. The predicted octanol–water partition coefficient (Wildman–Crippen LogP) is 3.01. The molecule has 2 aromatic rings. The maximum absolute atomic E-state index is 4.70. The molecule has 5 nitrogen and oxygen atoms in total. The van der Waals surface area contributed by atoms with Crippen molar-refractivity contribution >= 4 is 5.96 Å². The van der Waals surface area contributed by atoms with E-state index in [9.17, 15) is 0 Å². The Labute approximate surface area is 145 Å². The summed E-state index contributed by atoms with van der Waals surface area (Å²) in [7, 11) is 1.80. The van der Waals surface area contributed by atoms with Crippen LogP contribution in [0.15, 0.2) is 35.3 Å². The third kappa shape index (κ3) is 4.60. The summed E-state index contributed by atoms with van der Waals surface area (Å²) >= 11 is 0. The molecule has 1 atom stereocenters. The van der Waals surface area contributed by atoms with Crippen LogP contribution in [0.2, 0.25) is 0 Å². The Morgan fingerprint density at radius 3 is 2.58 bits per heavy atom. The Morgan fingerprint density at radius 2 is 1.96 bits per heavy atom. The average molecular weight is 327 g/mol. The minimum absolute atomic E-state index is 0.402. The van der Waals surface area contributed by atoms with E-state index in [-0.39, 0.29) is 0 Å². The van der Waals surface area contributed by atoms with Crippen LogP contribution in [-0.2, 0) is 13.1 Å². The van der Waals surface area contributed by atoms with Gasteiger partial charge in [0.15, 0.2) is 5.96 Å².